The van der Waals surface area contributed by atoms with Crippen LogP contribution in [-0.4, -0.2) is 11.6 Å². The van der Waals surface area contributed by atoms with Gasteiger partial charge in [0.15, 0.2) is 6.23 Å². The van der Waals surface area contributed by atoms with Crippen LogP contribution in [0.2, 0.25) is 0 Å². The molecule has 1 aromatic carbocycles. The number of benzene rings is 1. The van der Waals surface area contributed by atoms with E-state index in [4.69, 9.17) is 4.84 Å². The predicted molar refractivity (Wildman–Crippen MR) is 47.3 cm³/mol. The molecule has 12 heavy (non-hydrogen) atoms. The molecule has 1 aromatic rings. The molecule has 0 bridgehead atoms. The number of nitrogens with zero attached hydrogens (tertiary/aromatic N) is 1. The van der Waals surface area contributed by atoms with Crippen molar-refractivity contribution >= 4 is 0 Å². The van der Waals surface area contributed by atoms with Gasteiger partial charge in [-0.15, -0.1) is 0 Å². The lowest BCUT2D eigenvalue weighted by molar-refractivity contribution is 0.199. The van der Waals surface area contributed by atoms with Crippen molar-refractivity contribution in [2.24, 2.45) is 0 Å². The van der Waals surface area contributed by atoms with E-state index in [1.807, 2.05) is 23.3 Å². The lowest BCUT2D eigenvalue weighted by Gasteiger charge is -1.94. The van der Waals surface area contributed by atoms with Crippen LogP contribution in [0.25, 0.3) is 0 Å². The summed E-state index contributed by atoms with van der Waals surface area (Å²) in [6.45, 7) is 3.18. The summed E-state index contributed by atoms with van der Waals surface area (Å²) in [4.78, 5) is 5.38. The Morgan fingerprint density at radius 2 is 2.08 bits per heavy atom. The number of hydroxylamine groups is 2. The standard InChI is InChI=1S/C10H13NO/c1-2-8-11-10(12-11)9-6-4-3-5-7-9/h3-7,10H,2,8H2,1H3. The number of hydrogen-bond acceptors (Lipinski definition) is 2. The van der Waals surface area contributed by atoms with Crippen LogP contribution in [0.15, 0.2) is 30.3 Å². The van der Waals surface area contributed by atoms with Crippen LogP contribution >= 0.6 is 0 Å². The van der Waals surface area contributed by atoms with Crippen molar-refractivity contribution in [3.05, 3.63) is 35.9 Å². The average molecular weight is 163 g/mol. The highest BCUT2D eigenvalue weighted by atomic mass is 16.8. The van der Waals surface area contributed by atoms with Gasteiger partial charge in [-0.2, -0.15) is 5.06 Å². The van der Waals surface area contributed by atoms with Gasteiger partial charge in [-0.3, -0.25) is 4.84 Å². The smallest absolute Gasteiger partial charge is 0.179 e. The molecule has 2 rings (SSSR count). The van der Waals surface area contributed by atoms with Gasteiger partial charge < -0.3 is 0 Å². The van der Waals surface area contributed by atoms with Crippen LogP contribution in [-0.2, 0) is 4.84 Å². The van der Waals surface area contributed by atoms with Gasteiger partial charge in [-0.05, 0) is 12.0 Å². The fourth-order valence-corrected chi connectivity index (χ4v) is 1.34. The maximum absolute atomic E-state index is 5.38. The Balaban J connectivity index is 1.97. The molecule has 0 N–H and O–H groups in total. The molecule has 1 heterocycles. The molecule has 0 spiro atoms. The summed E-state index contributed by atoms with van der Waals surface area (Å²) in [5.74, 6) is 0. The fraction of sp³-hybridized carbons (Fsp3) is 0.400. The zero-order valence-corrected chi connectivity index (χ0v) is 7.23. The van der Waals surface area contributed by atoms with Gasteiger partial charge in [0.25, 0.3) is 0 Å². The van der Waals surface area contributed by atoms with Gasteiger partial charge in [-0.1, -0.05) is 37.3 Å². The molecule has 2 atom stereocenters. The highest BCUT2D eigenvalue weighted by Gasteiger charge is 2.36. The second kappa shape index (κ2) is 3.25. The SMILES string of the molecule is CCCN1OC1c1ccccc1. The average Bonchev–Trinajstić information content (AvgIpc) is 2.87. The zero-order valence-electron chi connectivity index (χ0n) is 7.23. The summed E-state index contributed by atoms with van der Waals surface area (Å²) < 4.78 is 0. The Morgan fingerprint density at radius 1 is 1.33 bits per heavy atom. The highest BCUT2D eigenvalue weighted by Crippen LogP contribution is 2.36. The summed E-state index contributed by atoms with van der Waals surface area (Å²) in [7, 11) is 0. The Bertz CT molecular complexity index is 247. The Labute approximate surface area is 72.7 Å². The van der Waals surface area contributed by atoms with E-state index < -0.39 is 0 Å². The quantitative estimate of drug-likeness (QED) is 0.635. The molecule has 0 aromatic heterocycles. The zero-order chi connectivity index (χ0) is 8.39. The monoisotopic (exact) mass is 163 g/mol. The van der Waals surface area contributed by atoms with Gasteiger partial charge in [-0.25, -0.2) is 0 Å². The molecule has 0 amide bonds. The molecular formula is C10H13NO. The maximum Gasteiger partial charge on any atom is 0.179 e. The molecule has 0 saturated carbocycles. The normalized spacial score (nSPS) is 27.1. The first-order valence-corrected chi connectivity index (χ1v) is 4.40. The molecule has 1 aliphatic heterocycles. The highest BCUT2D eigenvalue weighted by molar-refractivity contribution is 5.18. The van der Waals surface area contributed by atoms with E-state index in [9.17, 15) is 0 Å². The molecule has 1 fully saturated rings. The molecular weight excluding hydrogens is 150 g/mol. The van der Waals surface area contributed by atoms with Crippen molar-refractivity contribution < 1.29 is 4.84 Å². The Morgan fingerprint density at radius 3 is 2.75 bits per heavy atom. The molecule has 64 valence electrons. The van der Waals surface area contributed by atoms with Crippen molar-refractivity contribution in [2.45, 2.75) is 19.6 Å². The first-order valence-electron chi connectivity index (χ1n) is 4.40. The van der Waals surface area contributed by atoms with Crippen LogP contribution in [0.3, 0.4) is 0 Å². The predicted octanol–water partition coefficient (Wildman–Crippen LogP) is 2.34. The van der Waals surface area contributed by atoms with Gasteiger partial charge >= 0.3 is 0 Å². The van der Waals surface area contributed by atoms with Crippen molar-refractivity contribution in [2.75, 3.05) is 6.54 Å². The minimum atomic E-state index is 0.228. The molecule has 2 nitrogen and oxygen atoms in total. The first kappa shape index (κ1) is 7.77. The second-order valence-electron chi connectivity index (χ2n) is 3.01. The van der Waals surface area contributed by atoms with Crippen molar-refractivity contribution in [3.8, 4) is 0 Å². The van der Waals surface area contributed by atoms with Crippen LogP contribution in [0.5, 0.6) is 0 Å². The summed E-state index contributed by atoms with van der Waals surface area (Å²) in [5.41, 5.74) is 1.26. The van der Waals surface area contributed by atoms with Crippen molar-refractivity contribution in [1.29, 1.82) is 0 Å². The summed E-state index contributed by atoms with van der Waals surface area (Å²) in [6.07, 6.45) is 1.37. The van der Waals surface area contributed by atoms with Gasteiger partial charge in [0, 0.05) is 6.54 Å². The number of rotatable bonds is 3. The third-order valence-electron chi connectivity index (χ3n) is 1.98. The molecule has 2 unspecified atom stereocenters. The summed E-state index contributed by atoms with van der Waals surface area (Å²) in [6, 6.07) is 10.3. The van der Waals surface area contributed by atoms with Crippen molar-refractivity contribution in [1.82, 2.24) is 5.06 Å². The largest absolute Gasteiger partial charge is 0.270 e. The van der Waals surface area contributed by atoms with E-state index in [2.05, 4.69) is 19.1 Å². The fourth-order valence-electron chi connectivity index (χ4n) is 1.34. The lowest BCUT2D eigenvalue weighted by atomic mass is 10.2. The third kappa shape index (κ3) is 1.49. The maximum atomic E-state index is 5.38. The van der Waals surface area contributed by atoms with E-state index in [-0.39, 0.29) is 6.23 Å². The van der Waals surface area contributed by atoms with Crippen molar-refractivity contribution in [3.63, 3.8) is 0 Å². The molecule has 1 aliphatic rings. The van der Waals surface area contributed by atoms with Gasteiger partial charge in [0.2, 0.25) is 0 Å². The van der Waals surface area contributed by atoms with Crippen LogP contribution in [0.4, 0.5) is 0 Å². The summed E-state index contributed by atoms with van der Waals surface area (Å²) in [5, 5.41) is 2.01. The van der Waals surface area contributed by atoms with E-state index in [1.54, 1.807) is 0 Å². The van der Waals surface area contributed by atoms with Crippen LogP contribution in [0, 0.1) is 0 Å². The summed E-state index contributed by atoms with van der Waals surface area (Å²) >= 11 is 0. The second-order valence-corrected chi connectivity index (χ2v) is 3.01. The van der Waals surface area contributed by atoms with Gasteiger partial charge in [0.05, 0.1) is 0 Å². The van der Waals surface area contributed by atoms with E-state index in [1.165, 1.54) is 5.56 Å². The lowest BCUT2D eigenvalue weighted by Crippen LogP contribution is -1.98. The van der Waals surface area contributed by atoms with Gasteiger partial charge in [0.1, 0.15) is 0 Å². The third-order valence-corrected chi connectivity index (χ3v) is 1.98. The van der Waals surface area contributed by atoms with Crippen LogP contribution in [0.1, 0.15) is 25.1 Å². The molecule has 2 heteroatoms. The minimum Gasteiger partial charge on any atom is -0.270 e. The Hall–Kier alpha value is -0.860. The Kier molecular flexibility index (Phi) is 2.11. The number of hydrogen-bond donors (Lipinski definition) is 0. The molecule has 1 saturated heterocycles. The van der Waals surface area contributed by atoms with E-state index >= 15 is 0 Å². The van der Waals surface area contributed by atoms with Crippen LogP contribution < -0.4 is 0 Å². The van der Waals surface area contributed by atoms with E-state index in [0.717, 1.165) is 13.0 Å². The van der Waals surface area contributed by atoms with E-state index in [0.29, 0.717) is 0 Å². The first-order chi connectivity index (χ1) is 5.92. The topological polar surface area (TPSA) is 15.5 Å². The minimum absolute atomic E-state index is 0.228. The molecule has 0 aliphatic carbocycles. The molecule has 0 radical (unpaired) electrons.